The predicted octanol–water partition coefficient (Wildman–Crippen LogP) is 2.64. The molecule has 9 heteroatoms. The van der Waals surface area contributed by atoms with E-state index in [0.717, 1.165) is 5.56 Å². The van der Waals surface area contributed by atoms with Gasteiger partial charge in [-0.15, -0.1) is 0 Å². The lowest BCUT2D eigenvalue weighted by atomic mass is 10.2. The third kappa shape index (κ3) is 3.58. The van der Waals surface area contributed by atoms with Crippen LogP contribution in [0, 0.1) is 6.92 Å². The average Bonchev–Trinajstić information content (AvgIpc) is 3.16. The number of hydrogen-bond donors (Lipinski definition) is 0. The Morgan fingerprint density at radius 1 is 1.04 bits per heavy atom. The van der Waals surface area contributed by atoms with E-state index >= 15 is 0 Å². The molecule has 3 aromatic rings. The van der Waals surface area contributed by atoms with Crippen LogP contribution in [0.15, 0.2) is 51.9 Å². The number of aryl methyl sites for hydroxylation is 1. The third-order valence-corrected chi connectivity index (χ3v) is 6.17. The molecule has 0 unspecified atom stereocenters. The highest BCUT2D eigenvalue weighted by atomic mass is 32.2. The van der Waals surface area contributed by atoms with Crippen LogP contribution in [-0.4, -0.2) is 43.1 Å². The molecule has 0 amide bonds. The van der Waals surface area contributed by atoms with Crippen LogP contribution in [0.3, 0.4) is 0 Å². The number of fused-ring (bicyclic) bond motifs is 1. The smallest absolute Gasteiger partial charge is 0.243 e. The van der Waals surface area contributed by atoms with Crippen LogP contribution in [0.25, 0.3) is 11.4 Å². The van der Waals surface area contributed by atoms with E-state index in [1.807, 2.05) is 6.92 Å². The molecule has 0 saturated carbocycles. The van der Waals surface area contributed by atoms with Crippen molar-refractivity contribution >= 4 is 10.0 Å². The first-order valence-electron chi connectivity index (χ1n) is 8.69. The number of aromatic nitrogens is 2. The molecular weight excluding hydrogens is 382 g/mol. The van der Waals surface area contributed by atoms with Crippen molar-refractivity contribution in [3.05, 3.63) is 53.9 Å². The molecule has 0 N–H and O–H groups in total. The predicted molar refractivity (Wildman–Crippen MR) is 101 cm³/mol. The van der Waals surface area contributed by atoms with Crippen LogP contribution in [0.2, 0.25) is 0 Å². The van der Waals surface area contributed by atoms with Gasteiger partial charge in [0, 0.05) is 12.6 Å². The van der Waals surface area contributed by atoms with Crippen LogP contribution < -0.4 is 9.47 Å². The zero-order valence-corrected chi connectivity index (χ0v) is 16.3. The quantitative estimate of drug-likeness (QED) is 0.648. The van der Waals surface area contributed by atoms with Gasteiger partial charge in [0.05, 0.1) is 11.4 Å². The number of ether oxygens (including phenoxy) is 2. The molecular formula is C19H19N3O5S. The van der Waals surface area contributed by atoms with Crippen molar-refractivity contribution in [1.29, 1.82) is 0 Å². The van der Waals surface area contributed by atoms with Gasteiger partial charge in [-0.1, -0.05) is 22.9 Å². The van der Waals surface area contributed by atoms with Gasteiger partial charge in [-0.3, -0.25) is 0 Å². The first-order valence-corrected chi connectivity index (χ1v) is 10.1. The Morgan fingerprint density at radius 2 is 1.75 bits per heavy atom. The summed E-state index contributed by atoms with van der Waals surface area (Å²) in [6.07, 6.45) is 0. The molecule has 0 aliphatic carbocycles. The average molecular weight is 401 g/mol. The fourth-order valence-electron chi connectivity index (χ4n) is 2.78. The molecule has 1 aliphatic rings. The zero-order chi connectivity index (χ0) is 19.7. The van der Waals surface area contributed by atoms with Crippen molar-refractivity contribution < 1.29 is 22.4 Å². The molecule has 0 atom stereocenters. The van der Waals surface area contributed by atoms with Gasteiger partial charge in [0.15, 0.2) is 11.5 Å². The second kappa shape index (κ2) is 7.25. The largest absolute Gasteiger partial charge is 0.486 e. The van der Waals surface area contributed by atoms with Gasteiger partial charge in [0.25, 0.3) is 0 Å². The number of hydrogen-bond acceptors (Lipinski definition) is 7. The summed E-state index contributed by atoms with van der Waals surface area (Å²) in [6.45, 7) is 2.86. The van der Waals surface area contributed by atoms with E-state index in [2.05, 4.69) is 10.1 Å². The summed E-state index contributed by atoms with van der Waals surface area (Å²) in [6, 6.07) is 12.0. The van der Waals surface area contributed by atoms with Gasteiger partial charge in [0.1, 0.15) is 13.2 Å². The molecule has 1 aromatic heterocycles. The van der Waals surface area contributed by atoms with Crippen molar-refractivity contribution in [3.8, 4) is 22.9 Å². The van der Waals surface area contributed by atoms with Crippen LogP contribution in [0.5, 0.6) is 11.5 Å². The van der Waals surface area contributed by atoms with Crippen LogP contribution in [0.1, 0.15) is 11.5 Å². The molecule has 8 nitrogen and oxygen atoms in total. The molecule has 2 aromatic carbocycles. The number of rotatable bonds is 5. The molecule has 1 aliphatic heterocycles. The Morgan fingerprint density at radius 3 is 2.50 bits per heavy atom. The Hall–Kier alpha value is -2.91. The molecule has 0 spiro atoms. The molecule has 0 radical (unpaired) electrons. The van der Waals surface area contributed by atoms with Crippen LogP contribution in [0.4, 0.5) is 0 Å². The zero-order valence-electron chi connectivity index (χ0n) is 15.5. The molecule has 2 heterocycles. The van der Waals surface area contributed by atoms with E-state index in [1.165, 1.54) is 11.4 Å². The van der Waals surface area contributed by atoms with Gasteiger partial charge in [-0.05, 0) is 37.3 Å². The maximum Gasteiger partial charge on any atom is 0.243 e. The molecule has 0 bridgehead atoms. The molecule has 28 heavy (non-hydrogen) atoms. The fourth-order valence-corrected chi connectivity index (χ4v) is 3.90. The lowest BCUT2D eigenvalue weighted by Gasteiger charge is -2.18. The van der Waals surface area contributed by atoms with E-state index in [4.69, 9.17) is 14.0 Å². The highest BCUT2D eigenvalue weighted by molar-refractivity contribution is 7.89. The van der Waals surface area contributed by atoms with Crippen LogP contribution in [-0.2, 0) is 16.6 Å². The summed E-state index contributed by atoms with van der Waals surface area (Å²) in [5, 5.41) is 3.95. The summed E-state index contributed by atoms with van der Waals surface area (Å²) < 4.78 is 42.9. The molecule has 0 fully saturated rings. The summed E-state index contributed by atoms with van der Waals surface area (Å²) >= 11 is 0. The van der Waals surface area contributed by atoms with Crippen LogP contribution >= 0.6 is 0 Å². The van der Waals surface area contributed by atoms with Gasteiger partial charge in [-0.2, -0.15) is 9.29 Å². The number of sulfonamides is 1. The highest BCUT2D eigenvalue weighted by Crippen LogP contribution is 2.33. The Bertz CT molecular complexity index is 1090. The Balaban J connectivity index is 1.52. The minimum atomic E-state index is -3.65. The maximum atomic E-state index is 12.7. The summed E-state index contributed by atoms with van der Waals surface area (Å²) in [7, 11) is -2.18. The second-order valence-corrected chi connectivity index (χ2v) is 8.49. The van der Waals surface area contributed by atoms with Gasteiger partial charge in [-0.25, -0.2) is 8.42 Å². The highest BCUT2D eigenvalue weighted by Gasteiger charge is 2.23. The Kier molecular flexibility index (Phi) is 4.78. The lowest BCUT2D eigenvalue weighted by Crippen LogP contribution is -2.26. The van der Waals surface area contributed by atoms with E-state index in [0.29, 0.717) is 36.1 Å². The number of benzene rings is 2. The fraction of sp³-hybridized carbons (Fsp3) is 0.263. The van der Waals surface area contributed by atoms with Crippen molar-refractivity contribution in [2.24, 2.45) is 0 Å². The van der Waals surface area contributed by atoms with Gasteiger partial charge < -0.3 is 14.0 Å². The first-order chi connectivity index (χ1) is 13.4. The van der Waals surface area contributed by atoms with Crippen molar-refractivity contribution in [3.63, 3.8) is 0 Å². The van der Waals surface area contributed by atoms with E-state index in [1.54, 1.807) is 42.5 Å². The van der Waals surface area contributed by atoms with E-state index < -0.39 is 10.0 Å². The van der Waals surface area contributed by atoms with Crippen molar-refractivity contribution in [2.45, 2.75) is 18.4 Å². The van der Waals surface area contributed by atoms with Crippen molar-refractivity contribution in [1.82, 2.24) is 14.4 Å². The molecule has 0 saturated heterocycles. The topological polar surface area (TPSA) is 94.8 Å². The SMILES string of the molecule is Cc1ccc(S(=O)(=O)N(C)Cc2nc(-c3ccc4c(c3)OCCO4)no2)cc1. The minimum Gasteiger partial charge on any atom is -0.486 e. The summed E-state index contributed by atoms with van der Waals surface area (Å²) in [5.74, 6) is 1.84. The standard InChI is InChI=1S/C19H19N3O5S/c1-13-3-6-15(7-4-13)28(23,24)22(2)12-18-20-19(21-27-18)14-5-8-16-17(11-14)26-10-9-25-16/h3-8,11H,9-10,12H2,1-2H3. The molecule has 4 rings (SSSR count). The Labute approximate surface area is 162 Å². The molecule has 146 valence electrons. The summed E-state index contributed by atoms with van der Waals surface area (Å²) in [4.78, 5) is 4.53. The second-order valence-electron chi connectivity index (χ2n) is 6.44. The third-order valence-electron chi connectivity index (χ3n) is 4.36. The minimum absolute atomic E-state index is 0.0340. The van der Waals surface area contributed by atoms with E-state index in [9.17, 15) is 8.42 Å². The van der Waals surface area contributed by atoms with Crippen molar-refractivity contribution in [2.75, 3.05) is 20.3 Å². The monoisotopic (exact) mass is 401 g/mol. The number of nitrogens with zero attached hydrogens (tertiary/aromatic N) is 3. The van der Waals surface area contributed by atoms with Gasteiger partial charge in [0.2, 0.25) is 21.7 Å². The summed E-state index contributed by atoms with van der Waals surface area (Å²) in [5.41, 5.74) is 1.69. The van der Waals surface area contributed by atoms with Gasteiger partial charge >= 0.3 is 0 Å². The normalized spacial score (nSPS) is 13.7. The first kappa shape index (κ1) is 18.5. The van der Waals surface area contributed by atoms with E-state index in [-0.39, 0.29) is 17.3 Å². The lowest BCUT2D eigenvalue weighted by molar-refractivity contribution is 0.171. The maximum absolute atomic E-state index is 12.7.